The molecule has 0 spiro atoms. The van der Waals surface area contributed by atoms with Gasteiger partial charge in [0.2, 0.25) is 5.91 Å². The van der Waals surface area contributed by atoms with Crippen LogP contribution in [0.5, 0.6) is 0 Å². The molecule has 1 aromatic carbocycles. The molecule has 0 heterocycles. The molecule has 0 bridgehead atoms. The Balaban J connectivity index is 2.68. The number of hydrogen-bond donors (Lipinski definition) is 2. The van der Waals surface area contributed by atoms with Gasteiger partial charge in [-0.15, -0.1) is 0 Å². The number of hydrogen-bond acceptors (Lipinski definition) is 2. The number of carbonyl (C=O) groups is 1. The number of rotatable bonds is 8. The van der Waals surface area contributed by atoms with Gasteiger partial charge in [-0.25, -0.2) is 0 Å². The molecule has 3 heteroatoms. The Morgan fingerprint density at radius 2 is 1.85 bits per heavy atom. The second-order valence-electron chi connectivity index (χ2n) is 5.93. The van der Waals surface area contributed by atoms with Crippen molar-refractivity contribution in [2.24, 2.45) is 17.6 Å². The highest BCUT2D eigenvalue weighted by atomic mass is 16.1. The van der Waals surface area contributed by atoms with E-state index in [0.29, 0.717) is 12.5 Å². The van der Waals surface area contributed by atoms with Gasteiger partial charge in [0.1, 0.15) is 0 Å². The average molecular weight is 276 g/mol. The molecule has 0 saturated heterocycles. The van der Waals surface area contributed by atoms with E-state index in [-0.39, 0.29) is 17.9 Å². The normalized spacial score (nSPS) is 14.1. The summed E-state index contributed by atoms with van der Waals surface area (Å²) in [5.41, 5.74) is 6.68. The molecule has 112 valence electrons. The second-order valence-corrected chi connectivity index (χ2v) is 5.93. The van der Waals surface area contributed by atoms with E-state index in [1.165, 1.54) is 5.56 Å². The molecule has 3 nitrogen and oxygen atoms in total. The third kappa shape index (κ3) is 5.74. The molecule has 1 rings (SSSR count). The quantitative estimate of drug-likeness (QED) is 0.765. The fraction of sp³-hybridized carbons (Fsp3) is 0.588. The van der Waals surface area contributed by atoms with Gasteiger partial charge in [-0.2, -0.15) is 0 Å². The van der Waals surface area contributed by atoms with E-state index < -0.39 is 0 Å². The van der Waals surface area contributed by atoms with E-state index >= 15 is 0 Å². The maximum atomic E-state index is 12.3. The monoisotopic (exact) mass is 276 g/mol. The Bertz CT molecular complexity index is 389. The molecule has 0 aliphatic heterocycles. The highest BCUT2D eigenvalue weighted by molar-refractivity contribution is 5.78. The van der Waals surface area contributed by atoms with Crippen molar-refractivity contribution in [2.75, 3.05) is 6.54 Å². The zero-order chi connectivity index (χ0) is 15.0. The van der Waals surface area contributed by atoms with E-state index in [1.807, 2.05) is 25.1 Å². The third-order valence-electron chi connectivity index (χ3n) is 3.51. The standard InChI is InChI=1S/C17H28N2O/c1-13(2)12-16(15-9-5-4-6-10-15)19-17(20)14(3)8-7-11-18/h4-6,9-10,13-14,16H,7-8,11-12,18H2,1-3H3,(H,19,20). The van der Waals surface area contributed by atoms with Gasteiger partial charge in [-0.3, -0.25) is 4.79 Å². The van der Waals surface area contributed by atoms with Crippen LogP contribution in [0.3, 0.4) is 0 Å². The molecular weight excluding hydrogens is 248 g/mol. The highest BCUT2D eigenvalue weighted by Gasteiger charge is 2.19. The molecule has 0 aliphatic carbocycles. The minimum Gasteiger partial charge on any atom is -0.349 e. The van der Waals surface area contributed by atoms with Crippen LogP contribution in [0.25, 0.3) is 0 Å². The van der Waals surface area contributed by atoms with Gasteiger partial charge in [-0.05, 0) is 37.3 Å². The molecule has 0 saturated carbocycles. The predicted octanol–water partition coefficient (Wildman–Crippen LogP) is 3.27. The van der Waals surface area contributed by atoms with Gasteiger partial charge >= 0.3 is 0 Å². The van der Waals surface area contributed by atoms with Crippen LogP contribution in [0, 0.1) is 11.8 Å². The Kier molecular flexibility index (Phi) is 7.31. The highest BCUT2D eigenvalue weighted by Crippen LogP contribution is 2.22. The second kappa shape index (κ2) is 8.75. The van der Waals surface area contributed by atoms with E-state index in [2.05, 4.69) is 31.3 Å². The van der Waals surface area contributed by atoms with Crippen LogP contribution < -0.4 is 11.1 Å². The lowest BCUT2D eigenvalue weighted by Gasteiger charge is -2.23. The maximum absolute atomic E-state index is 12.3. The minimum absolute atomic E-state index is 0.0249. The van der Waals surface area contributed by atoms with E-state index in [0.717, 1.165) is 19.3 Å². The summed E-state index contributed by atoms with van der Waals surface area (Å²) in [5, 5.41) is 3.19. The fourth-order valence-corrected chi connectivity index (χ4v) is 2.30. The van der Waals surface area contributed by atoms with Crippen molar-refractivity contribution in [1.82, 2.24) is 5.32 Å². The Hall–Kier alpha value is -1.35. The summed E-state index contributed by atoms with van der Waals surface area (Å²) < 4.78 is 0. The van der Waals surface area contributed by atoms with Crippen LogP contribution in [0.15, 0.2) is 30.3 Å². The van der Waals surface area contributed by atoms with Crippen LogP contribution in [-0.4, -0.2) is 12.5 Å². The third-order valence-corrected chi connectivity index (χ3v) is 3.51. The van der Waals surface area contributed by atoms with Crippen LogP contribution in [0.2, 0.25) is 0 Å². The molecule has 3 N–H and O–H groups in total. The first-order valence-corrected chi connectivity index (χ1v) is 7.60. The van der Waals surface area contributed by atoms with Gasteiger partial charge in [0.25, 0.3) is 0 Å². The first kappa shape index (κ1) is 16.7. The van der Waals surface area contributed by atoms with Gasteiger partial charge in [0.05, 0.1) is 6.04 Å². The summed E-state index contributed by atoms with van der Waals surface area (Å²) in [5.74, 6) is 0.699. The summed E-state index contributed by atoms with van der Waals surface area (Å²) in [6.45, 7) is 6.98. The topological polar surface area (TPSA) is 55.1 Å². The number of nitrogens with one attached hydrogen (secondary N) is 1. The molecule has 2 atom stereocenters. The smallest absolute Gasteiger partial charge is 0.223 e. The molecule has 20 heavy (non-hydrogen) atoms. The van der Waals surface area contributed by atoms with Crippen LogP contribution in [0.1, 0.15) is 51.6 Å². The summed E-state index contributed by atoms with van der Waals surface area (Å²) in [7, 11) is 0. The van der Waals surface area contributed by atoms with Crippen molar-refractivity contribution >= 4 is 5.91 Å². The van der Waals surface area contributed by atoms with Gasteiger partial charge in [-0.1, -0.05) is 51.1 Å². The predicted molar refractivity (Wildman–Crippen MR) is 84.2 cm³/mol. The molecule has 0 aliphatic rings. The van der Waals surface area contributed by atoms with E-state index in [4.69, 9.17) is 5.73 Å². The van der Waals surface area contributed by atoms with Crippen molar-refractivity contribution in [3.8, 4) is 0 Å². The van der Waals surface area contributed by atoms with Crippen molar-refractivity contribution in [3.63, 3.8) is 0 Å². The van der Waals surface area contributed by atoms with Crippen LogP contribution in [0.4, 0.5) is 0 Å². The van der Waals surface area contributed by atoms with Crippen molar-refractivity contribution in [2.45, 2.75) is 46.1 Å². The number of benzene rings is 1. The largest absolute Gasteiger partial charge is 0.349 e. The molecular formula is C17H28N2O. The molecule has 0 fully saturated rings. The molecule has 0 radical (unpaired) electrons. The van der Waals surface area contributed by atoms with Crippen molar-refractivity contribution in [1.29, 1.82) is 0 Å². The minimum atomic E-state index is 0.0249. The zero-order valence-electron chi connectivity index (χ0n) is 12.9. The van der Waals surface area contributed by atoms with Gasteiger partial charge in [0, 0.05) is 5.92 Å². The number of carbonyl (C=O) groups excluding carboxylic acids is 1. The van der Waals surface area contributed by atoms with Crippen molar-refractivity contribution < 1.29 is 4.79 Å². The van der Waals surface area contributed by atoms with Crippen LogP contribution >= 0.6 is 0 Å². The van der Waals surface area contributed by atoms with Gasteiger partial charge in [0.15, 0.2) is 0 Å². The Morgan fingerprint density at radius 3 is 2.40 bits per heavy atom. The molecule has 0 aromatic heterocycles. The SMILES string of the molecule is CC(C)CC(NC(=O)C(C)CCCN)c1ccccc1. The summed E-state index contributed by atoms with van der Waals surface area (Å²) >= 11 is 0. The Labute approximate surface area is 122 Å². The average Bonchev–Trinajstić information content (AvgIpc) is 2.44. The lowest BCUT2D eigenvalue weighted by molar-refractivity contribution is -0.125. The Morgan fingerprint density at radius 1 is 1.20 bits per heavy atom. The molecule has 1 amide bonds. The summed E-state index contributed by atoms with van der Waals surface area (Å²) in [6.07, 6.45) is 2.71. The molecule has 1 aromatic rings. The first-order valence-electron chi connectivity index (χ1n) is 7.60. The zero-order valence-corrected chi connectivity index (χ0v) is 12.9. The number of nitrogens with two attached hydrogens (primary N) is 1. The van der Waals surface area contributed by atoms with Crippen LogP contribution in [-0.2, 0) is 4.79 Å². The van der Waals surface area contributed by atoms with E-state index in [9.17, 15) is 4.79 Å². The number of amides is 1. The summed E-state index contributed by atoms with van der Waals surface area (Å²) in [4.78, 5) is 12.3. The lowest BCUT2D eigenvalue weighted by atomic mass is 9.95. The summed E-state index contributed by atoms with van der Waals surface area (Å²) in [6, 6.07) is 10.3. The lowest BCUT2D eigenvalue weighted by Crippen LogP contribution is -2.33. The van der Waals surface area contributed by atoms with Crippen molar-refractivity contribution in [3.05, 3.63) is 35.9 Å². The fourth-order valence-electron chi connectivity index (χ4n) is 2.30. The first-order chi connectivity index (χ1) is 9.54. The maximum Gasteiger partial charge on any atom is 0.223 e. The van der Waals surface area contributed by atoms with Gasteiger partial charge < -0.3 is 11.1 Å². The van der Waals surface area contributed by atoms with E-state index in [1.54, 1.807) is 0 Å². The molecule has 2 unspecified atom stereocenters.